The summed E-state index contributed by atoms with van der Waals surface area (Å²) in [5.74, 6) is 0.819. The first kappa shape index (κ1) is 19.5. The minimum atomic E-state index is -0.426. The van der Waals surface area contributed by atoms with Crippen LogP contribution in [0.5, 0.6) is 5.75 Å². The molecule has 0 radical (unpaired) electrons. The van der Waals surface area contributed by atoms with Gasteiger partial charge in [-0.2, -0.15) is 0 Å². The molecule has 1 aliphatic heterocycles. The fraction of sp³-hybridized carbons (Fsp3) is 0.571. The Balaban J connectivity index is 0.00000180. The number of nitrogens with zero attached hydrogens (tertiary/aromatic N) is 1. The van der Waals surface area contributed by atoms with E-state index in [1.165, 1.54) is 5.56 Å². The molecule has 0 spiro atoms. The van der Waals surface area contributed by atoms with Crippen molar-refractivity contribution >= 4 is 24.8 Å². The Labute approximate surface area is 133 Å². The highest BCUT2D eigenvalue weighted by Crippen LogP contribution is 2.11. The van der Waals surface area contributed by atoms with Crippen molar-refractivity contribution in [2.24, 2.45) is 0 Å². The van der Waals surface area contributed by atoms with E-state index in [0.717, 1.165) is 31.9 Å². The number of halogens is 2. The summed E-state index contributed by atoms with van der Waals surface area (Å²) in [6, 6.07) is 7.90. The SMILES string of the molecule is Cc1ccc(OCC(O)CN2CCNCC2)cc1.Cl.Cl. The minimum Gasteiger partial charge on any atom is -0.491 e. The molecule has 0 bridgehead atoms. The van der Waals surface area contributed by atoms with Gasteiger partial charge in [-0.25, -0.2) is 0 Å². The highest BCUT2D eigenvalue weighted by molar-refractivity contribution is 5.85. The lowest BCUT2D eigenvalue weighted by Gasteiger charge is -2.29. The first-order valence-corrected chi connectivity index (χ1v) is 6.54. The zero-order valence-electron chi connectivity index (χ0n) is 11.7. The molecule has 1 aromatic carbocycles. The van der Waals surface area contributed by atoms with Crippen LogP contribution >= 0.6 is 24.8 Å². The summed E-state index contributed by atoms with van der Waals surface area (Å²) in [5.41, 5.74) is 1.21. The number of benzene rings is 1. The zero-order valence-corrected chi connectivity index (χ0v) is 13.4. The van der Waals surface area contributed by atoms with Crippen LogP contribution in [0.3, 0.4) is 0 Å². The fourth-order valence-corrected chi connectivity index (χ4v) is 2.07. The topological polar surface area (TPSA) is 44.7 Å². The summed E-state index contributed by atoms with van der Waals surface area (Å²) >= 11 is 0. The van der Waals surface area contributed by atoms with Gasteiger partial charge in [0.15, 0.2) is 0 Å². The maximum Gasteiger partial charge on any atom is 0.119 e. The number of rotatable bonds is 5. The van der Waals surface area contributed by atoms with Gasteiger partial charge in [0.2, 0.25) is 0 Å². The Hall–Kier alpha value is -0.520. The van der Waals surface area contributed by atoms with Crippen molar-refractivity contribution in [1.82, 2.24) is 10.2 Å². The van der Waals surface area contributed by atoms with Crippen LogP contribution in [0.4, 0.5) is 0 Å². The number of aryl methyl sites for hydroxylation is 1. The Kier molecular flexibility index (Phi) is 9.98. The molecule has 1 aromatic rings. The summed E-state index contributed by atoms with van der Waals surface area (Å²) < 4.78 is 5.57. The summed E-state index contributed by atoms with van der Waals surface area (Å²) in [5, 5.41) is 13.2. The molecule has 1 fully saturated rings. The van der Waals surface area contributed by atoms with E-state index in [1.54, 1.807) is 0 Å². The molecule has 0 aromatic heterocycles. The third-order valence-corrected chi connectivity index (χ3v) is 3.14. The number of aliphatic hydroxyl groups excluding tert-OH is 1. The number of hydrogen-bond acceptors (Lipinski definition) is 4. The van der Waals surface area contributed by atoms with E-state index >= 15 is 0 Å². The monoisotopic (exact) mass is 322 g/mol. The third kappa shape index (κ3) is 6.77. The van der Waals surface area contributed by atoms with Crippen molar-refractivity contribution in [1.29, 1.82) is 0 Å². The summed E-state index contributed by atoms with van der Waals surface area (Å²) in [4.78, 5) is 2.26. The van der Waals surface area contributed by atoms with Crippen LogP contribution in [0.2, 0.25) is 0 Å². The summed E-state index contributed by atoms with van der Waals surface area (Å²) in [6.07, 6.45) is -0.426. The molecule has 4 nitrogen and oxygen atoms in total. The number of ether oxygens (including phenoxy) is 1. The molecule has 20 heavy (non-hydrogen) atoms. The van der Waals surface area contributed by atoms with Crippen LogP contribution in [0.25, 0.3) is 0 Å². The van der Waals surface area contributed by atoms with Gasteiger partial charge in [0.25, 0.3) is 0 Å². The Morgan fingerprint density at radius 1 is 1.20 bits per heavy atom. The van der Waals surface area contributed by atoms with E-state index in [-0.39, 0.29) is 24.8 Å². The van der Waals surface area contributed by atoms with E-state index in [1.807, 2.05) is 31.2 Å². The average molecular weight is 323 g/mol. The standard InChI is InChI=1S/C14H22N2O2.2ClH/c1-12-2-4-14(5-3-12)18-11-13(17)10-16-8-6-15-7-9-16;;/h2-5,13,15,17H,6-11H2,1H3;2*1H. The van der Waals surface area contributed by atoms with Crippen molar-refractivity contribution in [3.63, 3.8) is 0 Å². The largest absolute Gasteiger partial charge is 0.491 e. The molecule has 2 N–H and O–H groups in total. The second kappa shape index (κ2) is 10.2. The Morgan fingerprint density at radius 3 is 2.40 bits per heavy atom. The minimum absolute atomic E-state index is 0. The molecule has 1 saturated heterocycles. The lowest BCUT2D eigenvalue weighted by atomic mass is 10.2. The number of β-amino-alcohol motifs (C(OH)–C–C–N with tert-alkyl or cyclic N) is 1. The molecule has 116 valence electrons. The van der Waals surface area contributed by atoms with E-state index in [9.17, 15) is 5.11 Å². The molecule has 0 aliphatic carbocycles. The third-order valence-electron chi connectivity index (χ3n) is 3.14. The molecular weight excluding hydrogens is 299 g/mol. The number of aliphatic hydroxyl groups is 1. The highest BCUT2D eigenvalue weighted by Gasteiger charge is 2.14. The average Bonchev–Trinajstić information content (AvgIpc) is 2.39. The van der Waals surface area contributed by atoms with Crippen molar-refractivity contribution < 1.29 is 9.84 Å². The molecule has 1 atom stereocenters. The molecule has 2 rings (SSSR count). The van der Waals surface area contributed by atoms with Gasteiger partial charge in [-0.05, 0) is 19.1 Å². The van der Waals surface area contributed by atoms with Crippen molar-refractivity contribution in [2.75, 3.05) is 39.3 Å². The second-order valence-corrected chi connectivity index (χ2v) is 4.83. The van der Waals surface area contributed by atoms with Crippen LogP contribution in [0, 0.1) is 6.92 Å². The van der Waals surface area contributed by atoms with Crippen LogP contribution in [-0.4, -0.2) is 55.4 Å². The Bertz CT molecular complexity index is 357. The Morgan fingerprint density at radius 2 is 1.80 bits per heavy atom. The van der Waals surface area contributed by atoms with Crippen molar-refractivity contribution in [3.05, 3.63) is 29.8 Å². The quantitative estimate of drug-likeness (QED) is 0.862. The second-order valence-electron chi connectivity index (χ2n) is 4.83. The maximum atomic E-state index is 9.93. The predicted octanol–water partition coefficient (Wildman–Crippen LogP) is 1.48. The van der Waals surface area contributed by atoms with Crippen LogP contribution in [-0.2, 0) is 0 Å². The van der Waals surface area contributed by atoms with Crippen LogP contribution in [0.1, 0.15) is 5.56 Å². The molecule has 1 aliphatic rings. The number of piperazine rings is 1. The first-order valence-electron chi connectivity index (χ1n) is 6.54. The van der Waals surface area contributed by atoms with Gasteiger partial charge in [0.05, 0.1) is 0 Å². The molecule has 1 heterocycles. The fourth-order valence-electron chi connectivity index (χ4n) is 2.07. The van der Waals surface area contributed by atoms with Gasteiger partial charge in [-0.1, -0.05) is 17.7 Å². The summed E-state index contributed by atoms with van der Waals surface area (Å²) in [6.45, 7) is 7.10. The van der Waals surface area contributed by atoms with Crippen LogP contribution < -0.4 is 10.1 Å². The zero-order chi connectivity index (χ0) is 12.8. The smallest absolute Gasteiger partial charge is 0.119 e. The lowest BCUT2D eigenvalue weighted by molar-refractivity contribution is 0.0641. The highest BCUT2D eigenvalue weighted by atomic mass is 35.5. The van der Waals surface area contributed by atoms with Gasteiger partial charge in [-0.3, -0.25) is 4.90 Å². The van der Waals surface area contributed by atoms with Gasteiger partial charge < -0.3 is 15.2 Å². The molecule has 0 amide bonds. The van der Waals surface area contributed by atoms with E-state index in [0.29, 0.717) is 13.2 Å². The first-order chi connectivity index (χ1) is 8.74. The number of nitrogens with one attached hydrogen (secondary N) is 1. The normalized spacial score (nSPS) is 16.7. The predicted molar refractivity (Wildman–Crippen MR) is 86.5 cm³/mol. The van der Waals surface area contributed by atoms with Crippen molar-refractivity contribution in [2.45, 2.75) is 13.0 Å². The van der Waals surface area contributed by atoms with Gasteiger partial charge >= 0.3 is 0 Å². The van der Waals surface area contributed by atoms with Gasteiger partial charge in [0, 0.05) is 32.7 Å². The van der Waals surface area contributed by atoms with Crippen LogP contribution in [0.15, 0.2) is 24.3 Å². The number of hydrogen-bond donors (Lipinski definition) is 2. The van der Waals surface area contributed by atoms with Gasteiger partial charge in [-0.15, -0.1) is 24.8 Å². The molecule has 6 heteroatoms. The van der Waals surface area contributed by atoms with Gasteiger partial charge in [0.1, 0.15) is 18.5 Å². The van der Waals surface area contributed by atoms with E-state index in [4.69, 9.17) is 4.74 Å². The van der Waals surface area contributed by atoms with E-state index < -0.39 is 6.10 Å². The van der Waals surface area contributed by atoms with Crippen molar-refractivity contribution in [3.8, 4) is 5.75 Å². The van der Waals surface area contributed by atoms with E-state index in [2.05, 4.69) is 10.2 Å². The maximum absolute atomic E-state index is 9.93. The molecule has 1 unspecified atom stereocenters. The summed E-state index contributed by atoms with van der Waals surface area (Å²) in [7, 11) is 0. The lowest BCUT2D eigenvalue weighted by Crippen LogP contribution is -2.47. The molecule has 0 saturated carbocycles. The molecular formula is C14H24Cl2N2O2.